The first-order valence-electron chi connectivity index (χ1n) is 3.36. The lowest BCUT2D eigenvalue weighted by molar-refractivity contribution is 0.790. The molecule has 1 aliphatic rings. The fraction of sp³-hybridized carbons (Fsp3) is 0.714. The van der Waals surface area contributed by atoms with Gasteiger partial charge >= 0.3 is 0 Å². The minimum absolute atomic E-state index is 1.08. The smallest absolute Gasteiger partial charge is 0.0115 e. The molecule has 1 rings (SSSR count). The summed E-state index contributed by atoms with van der Waals surface area (Å²) in [5, 5.41) is 3.31. The average Bonchev–Trinajstić information content (AvgIpc) is 2.19. The highest BCUT2D eigenvalue weighted by Crippen LogP contribution is 2.13. The molecule has 0 saturated carbocycles. The van der Waals surface area contributed by atoms with E-state index in [1.807, 2.05) is 0 Å². The van der Waals surface area contributed by atoms with Gasteiger partial charge in [0.25, 0.3) is 0 Å². The van der Waals surface area contributed by atoms with Crippen LogP contribution in [0.4, 0.5) is 0 Å². The van der Waals surface area contributed by atoms with Crippen LogP contribution in [0.2, 0.25) is 0 Å². The topological polar surface area (TPSA) is 12.0 Å². The van der Waals surface area contributed by atoms with Crippen LogP contribution in [-0.2, 0) is 0 Å². The maximum Gasteiger partial charge on any atom is 0.0115 e. The number of rotatable bonds is 2. The van der Waals surface area contributed by atoms with Gasteiger partial charge in [0, 0.05) is 12.2 Å². The molecule has 1 heteroatoms. The number of hydrogen-bond donors (Lipinski definition) is 1. The number of nitrogens with one attached hydrogen (secondary N) is 1. The summed E-state index contributed by atoms with van der Waals surface area (Å²) < 4.78 is 0. The minimum Gasteiger partial charge on any atom is -0.389 e. The van der Waals surface area contributed by atoms with Gasteiger partial charge in [-0.25, -0.2) is 0 Å². The van der Waals surface area contributed by atoms with E-state index in [9.17, 15) is 0 Å². The van der Waals surface area contributed by atoms with Gasteiger partial charge < -0.3 is 5.32 Å². The molecule has 0 aromatic carbocycles. The van der Waals surface area contributed by atoms with Gasteiger partial charge in [-0.15, -0.1) is 0 Å². The van der Waals surface area contributed by atoms with Gasteiger partial charge in [0.15, 0.2) is 0 Å². The van der Waals surface area contributed by atoms with Crippen molar-refractivity contribution in [1.82, 2.24) is 5.32 Å². The summed E-state index contributed by atoms with van der Waals surface area (Å²) in [5.74, 6) is 0. The van der Waals surface area contributed by atoms with E-state index in [0.29, 0.717) is 0 Å². The fourth-order valence-electron chi connectivity index (χ4n) is 1.06. The quantitative estimate of drug-likeness (QED) is 0.571. The Morgan fingerprint density at radius 2 is 2.62 bits per heavy atom. The molecule has 0 aliphatic heterocycles. The summed E-state index contributed by atoms with van der Waals surface area (Å²) in [5.41, 5.74) is 1.45. The van der Waals surface area contributed by atoms with Crippen LogP contribution in [-0.4, -0.2) is 6.54 Å². The SMILES string of the molecule is CCNC1=CCCC1. The van der Waals surface area contributed by atoms with Gasteiger partial charge in [0.1, 0.15) is 0 Å². The normalized spacial score (nSPS) is 18.4. The molecule has 0 aromatic rings. The largest absolute Gasteiger partial charge is 0.389 e. The van der Waals surface area contributed by atoms with Crippen molar-refractivity contribution in [2.75, 3.05) is 6.54 Å². The predicted molar refractivity (Wildman–Crippen MR) is 35.6 cm³/mol. The maximum atomic E-state index is 3.31. The second-order valence-electron chi connectivity index (χ2n) is 2.15. The second-order valence-corrected chi connectivity index (χ2v) is 2.15. The Balaban J connectivity index is 2.23. The Hall–Kier alpha value is -0.460. The van der Waals surface area contributed by atoms with E-state index in [-0.39, 0.29) is 0 Å². The van der Waals surface area contributed by atoms with E-state index in [0.717, 1.165) is 6.54 Å². The molecule has 0 spiro atoms. The third kappa shape index (κ3) is 1.25. The maximum absolute atomic E-state index is 3.31. The Morgan fingerprint density at radius 3 is 3.12 bits per heavy atom. The molecule has 0 fully saturated rings. The highest BCUT2D eigenvalue weighted by molar-refractivity contribution is 5.04. The van der Waals surface area contributed by atoms with E-state index in [1.54, 1.807) is 0 Å². The van der Waals surface area contributed by atoms with Crippen LogP contribution >= 0.6 is 0 Å². The van der Waals surface area contributed by atoms with Crippen LogP contribution in [0.15, 0.2) is 11.8 Å². The summed E-state index contributed by atoms with van der Waals surface area (Å²) >= 11 is 0. The van der Waals surface area contributed by atoms with E-state index in [4.69, 9.17) is 0 Å². The van der Waals surface area contributed by atoms with Crippen molar-refractivity contribution >= 4 is 0 Å². The van der Waals surface area contributed by atoms with Crippen molar-refractivity contribution in [2.24, 2.45) is 0 Å². The lowest BCUT2D eigenvalue weighted by Crippen LogP contribution is -2.09. The average molecular weight is 111 g/mol. The Kier molecular flexibility index (Phi) is 1.95. The fourth-order valence-corrected chi connectivity index (χ4v) is 1.06. The molecule has 1 nitrogen and oxygen atoms in total. The summed E-state index contributed by atoms with van der Waals surface area (Å²) in [6, 6.07) is 0. The van der Waals surface area contributed by atoms with Gasteiger partial charge in [-0.3, -0.25) is 0 Å². The molecular weight excluding hydrogens is 98.1 g/mol. The van der Waals surface area contributed by atoms with E-state index in [1.165, 1.54) is 25.0 Å². The van der Waals surface area contributed by atoms with Crippen LogP contribution in [0, 0.1) is 0 Å². The number of hydrogen-bond acceptors (Lipinski definition) is 1. The lowest BCUT2D eigenvalue weighted by Gasteiger charge is -2.00. The van der Waals surface area contributed by atoms with Gasteiger partial charge in [0.2, 0.25) is 0 Å². The predicted octanol–water partition coefficient (Wildman–Crippen LogP) is 1.66. The van der Waals surface area contributed by atoms with E-state index < -0.39 is 0 Å². The van der Waals surface area contributed by atoms with Gasteiger partial charge in [-0.05, 0) is 26.2 Å². The van der Waals surface area contributed by atoms with Crippen LogP contribution < -0.4 is 5.32 Å². The van der Waals surface area contributed by atoms with Crippen LogP contribution in [0.5, 0.6) is 0 Å². The van der Waals surface area contributed by atoms with Crippen molar-refractivity contribution in [3.05, 3.63) is 11.8 Å². The van der Waals surface area contributed by atoms with Crippen molar-refractivity contribution in [3.8, 4) is 0 Å². The minimum atomic E-state index is 1.08. The molecule has 0 saturated heterocycles. The second kappa shape index (κ2) is 2.75. The molecule has 1 N–H and O–H groups in total. The molecule has 0 bridgehead atoms. The molecule has 0 atom stereocenters. The Bertz CT molecular complexity index is 94.6. The molecule has 0 aromatic heterocycles. The third-order valence-electron chi connectivity index (χ3n) is 1.44. The monoisotopic (exact) mass is 111 g/mol. The zero-order valence-electron chi connectivity index (χ0n) is 5.41. The van der Waals surface area contributed by atoms with Crippen LogP contribution in [0.25, 0.3) is 0 Å². The Morgan fingerprint density at radius 1 is 1.75 bits per heavy atom. The molecule has 0 heterocycles. The first-order valence-corrected chi connectivity index (χ1v) is 3.36. The van der Waals surface area contributed by atoms with Crippen LogP contribution in [0.1, 0.15) is 26.2 Å². The zero-order chi connectivity index (χ0) is 5.82. The van der Waals surface area contributed by atoms with E-state index >= 15 is 0 Å². The van der Waals surface area contributed by atoms with Crippen molar-refractivity contribution in [1.29, 1.82) is 0 Å². The first kappa shape index (κ1) is 5.67. The molecular formula is C7H13N. The van der Waals surface area contributed by atoms with E-state index in [2.05, 4.69) is 18.3 Å². The standard InChI is InChI=1S/C7H13N/c1-2-8-7-5-3-4-6-7/h5,8H,2-4,6H2,1H3. The van der Waals surface area contributed by atoms with Crippen LogP contribution in [0.3, 0.4) is 0 Å². The zero-order valence-corrected chi connectivity index (χ0v) is 5.41. The summed E-state index contributed by atoms with van der Waals surface area (Å²) in [6.45, 7) is 3.21. The lowest BCUT2D eigenvalue weighted by atomic mass is 10.3. The molecule has 0 unspecified atom stereocenters. The van der Waals surface area contributed by atoms with Gasteiger partial charge in [-0.2, -0.15) is 0 Å². The summed E-state index contributed by atoms with van der Waals surface area (Å²) in [6.07, 6.45) is 6.20. The highest BCUT2D eigenvalue weighted by atomic mass is 14.9. The summed E-state index contributed by atoms with van der Waals surface area (Å²) in [7, 11) is 0. The number of allylic oxidation sites excluding steroid dienone is 2. The molecule has 1 aliphatic carbocycles. The Labute approximate surface area is 50.8 Å². The third-order valence-corrected chi connectivity index (χ3v) is 1.44. The highest BCUT2D eigenvalue weighted by Gasteiger charge is 2.00. The van der Waals surface area contributed by atoms with Crippen molar-refractivity contribution in [2.45, 2.75) is 26.2 Å². The summed E-state index contributed by atoms with van der Waals surface area (Å²) in [4.78, 5) is 0. The molecule has 0 amide bonds. The van der Waals surface area contributed by atoms with Gasteiger partial charge in [0.05, 0.1) is 0 Å². The molecule has 8 heavy (non-hydrogen) atoms. The van der Waals surface area contributed by atoms with Gasteiger partial charge in [-0.1, -0.05) is 6.08 Å². The molecule has 46 valence electrons. The van der Waals surface area contributed by atoms with Crippen molar-refractivity contribution < 1.29 is 0 Å². The molecule has 0 radical (unpaired) electrons. The first-order chi connectivity index (χ1) is 3.93. The van der Waals surface area contributed by atoms with Crippen molar-refractivity contribution in [3.63, 3.8) is 0 Å².